The van der Waals surface area contributed by atoms with Crippen molar-refractivity contribution < 1.29 is 14.7 Å². The number of rotatable bonds is 4. The lowest BCUT2D eigenvalue weighted by Gasteiger charge is -2.32. The van der Waals surface area contributed by atoms with E-state index in [2.05, 4.69) is 10.3 Å². The minimum atomic E-state index is -1.26. The van der Waals surface area contributed by atoms with Crippen LogP contribution in [0.3, 0.4) is 0 Å². The number of thiazole rings is 1. The number of urea groups is 1. The van der Waals surface area contributed by atoms with Crippen LogP contribution in [0.1, 0.15) is 31.8 Å². The average Bonchev–Trinajstić information content (AvgIpc) is 2.80. The predicted octanol–water partition coefficient (Wildman–Crippen LogP) is 1.71. The van der Waals surface area contributed by atoms with Gasteiger partial charge in [0.15, 0.2) is 0 Å². The molecule has 2 N–H and O–H groups in total. The largest absolute Gasteiger partial charge is 0.480 e. The molecule has 1 aromatic rings. The minimum absolute atomic E-state index is 0.246. The summed E-state index contributed by atoms with van der Waals surface area (Å²) in [7, 11) is 1.46. The molecule has 1 heterocycles. The molecule has 6 nitrogen and oxygen atoms in total. The SMILES string of the molecule is CC(NC(=O)N(C)C(C)(C)C(=O)O)c1nccs1. The zero-order valence-corrected chi connectivity index (χ0v) is 11.6. The average molecular weight is 271 g/mol. The normalized spacial score (nSPS) is 12.9. The Morgan fingerprint density at radius 2 is 2.17 bits per heavy atom. The Hall–Kier alpha value is -1.63. The molecule has 0 aliphatic rings. The standard InChI is InChI=1S/C11H17N3O3S/c1-7(8-12-5-6-18-8)13-10(17)14(4)11(2,3)9(15)16/h5-7H,1-4H3,(H,13,17)(H,15,16). The van der Waals surface area contributed by atoms with Crippen LogP contribution in [0.4, 0.5) is 4.79 Å². The maximum Gasteiger partial charge on any atom is 0.329 e. The predicted molar refractivity (Wildman–Crippen MR) is 68.5 cm³/mol. The van der Waals surface area contributed by atoms with Gasteiger partial charge in [0.25, 0.3) is 0 Å². The molecule has 0 bridgehead atoms. The first kappa shape index (κ1) is 14.4. The fraction of sp³-hybridized carbons (Fsp3) is 0.545. The molecule has 1 rings (SSSR count). The lowest BCUT2D eigenvalue weighted by atomic mass is 10.1. The van der Waals surface area contributed by atoms with Crippen LogP contribution >= 0.6 is 11.3 Å². The van der Waals surface area contributed by atoms with E-state index in [1.165, 1.54) is 37.1 Å². The van der Waals surface area contributed by atoms with E-state index >= 15 is 0 Å². The Balaban J connectivity index is 2.69. The molecule has 0 aliphatic carbocycles. The smallest absolute Gasteiger partial charge is 0.329 e. The van der Waals surface area contributed by atoms with E-state index in [4.69, 9.17) is 5.11 Å². The number of hydrogen-bond donors (Lipinski definition) is 2. The van der Waals surface area contributed by atoms with Crippen molar-refractivity contribution in [2.24, 2.45) is 0 Å². The van der Waals surface area contributed by atoms with Gasteiger partial charge in [0.2, 0.25) is 0 Å². The molecular formula is C11H17N3O3S. The number of carboxylic acids is 1. The lowest BCUT2D eigenvalue weighted by molar-refractivity contribution is -0.146. The Morgan fingerprint density at radius 3 is 2.61 bits per heavy atom. The van der Waals surface area contributed by atoms with Gasteiger partial charge in [-0.25, -0.2) is 14.6 Å². The Morgan fingerprint density at radius 1 is 1.56 bits per heavy atom. The summed E-state index contributed by atoms with van der Waals surface area (Å²) < 4.78 is 0. The molecule has 18 heavy (non-hydrogen) atoms. The second-order valence-corrected chi connectivity index (χ2v) is 5.39. The highest BCUT2D eigenvalue weighted by Gasteiger charge is 2.35. The van der Waals surface area contributed by atoms with E-state index in [1.807, 2.05) is 5.38 Å². The van der Waals surface area contributed by atoms with Gasteiger partial charge < -0.3 is 15.3 Å². The van der Waals surface area contributed by atoms with Gasteiger partial charge in [-0.05, 0) is 20.8 Å². The summed E-state index contributed by atoms with van der Waals surface area (Å²) in [5.74, 6) is -1.05. The number of likely N-dealkylation sites (N-methyl/N-ethyl adjacent to an activating group) is 1. The molecule has 0 saturated heterocycles. The number of aromatic nitrogens is 1. The maximum atomic E-state index is 11.9. The van der Waals surface area contributed by atoms with Gasteiger partial charge in [-0.3, -0.25) is 0 Å². The van der Waals surface area contributed by atoms with Crippen molar-refractivity contribution in [3.05, 3.63) is 16.6 Å². The van der Waals surface area contributed by atoms with Crippen LogP contribution in [-0.2, 0) is 4.79 Å². The fourth-order valence-electron chi connectivity index (χ4n) is 1.19. The summed E-state index contributed by atoms with van der Waals surface area (Å²) in [6.45, 7) is 4.75. The molecule has 100 valence electrons. The summed E-state index contributed by atoms with van der Waals surface area (Å²) in [6, 6.07) is -0.686. The first-order valence-corrected chi connectivity index (χ1v) is 6.32. The first-order valence-electron chi connectivity index (χ1n) is 5.44. The van der Waals surface area contributed by atoms with Gasteiger partial charge in [-0.2, -0.15) is 0 Å². The van der Waals surface area contributed by atoms with Crippen molar-refractivity contribution in [3.8, 4) is 0 Å². The molecule has 2 amide bonds. The van der Waals surface area contributed by atoms with E-state index < -0.39 is 17.5 Å². The summed E-state index contributed by atoms with van der Waals surface area (Å²) >= 11 is 1.44. The highest BCUT2D eigenvalue weighted by Crippen LogP contribution is 2.17. The quantitative estimate of drug-likeness (QED) is 0.873. The number of carbonyl (C=O) groups is 2. The monoisotopic (exact) mass is 271 g/mol. The second kappa shape index (κ2) is 5.34. The van der Waals surface area contributed by atoms with Crippen LogP contribution in [0.2, 0.25) is 0 Å². The van der Waals surface area contributed by atoms with Crippen LogP contribution in [0.25, 0.3) is 0 Å². The Bertz CT molecular complexity index is 431. The van der Waals surface area contributed by atoms with Crippen molar-refractivity contribution in [3.63, 3.8) is 0 Å². The molecule has 1 aromatic heterocycles. The summed E-state index contributed by atoms with van der Waals surface area (Å²) in [6.07, 6.45) is 1.66. The van der Waals surface area contributed by atoms with Crippen LogP contribution in [0.15, 0.2) is 11.6 Å². The highest BCUT2D eigenvalue weighted by atomic mass is 32.1. The van der Waals surface area contributed by atoms with Crippen LogP contribution in [0.5, 0.6) is 0 Å². The molecule has 7 heteroatoms. The minimum Gasteiger partial charge on any atom is -0.480 e. The van der Waals surface area contributed by atoms with E-state index in [1.54, 1.807) is 13.1 Å². The van der Waals surface area contributed by atoms with E-state index in [0.717, 1.165) is 5.01 Å². The zero-order valence-electron chi connectivity index (χ0n) is 10.8. The van der Waals surface area contributed by atoms with Gasteiger partial charge in [-0.15, -0.1) is 11.3 Å². The van der Waals surface area contributed by atoms with Gasteiger partial charge in [-0.1, -0.05) is 0 Å². The molecule has 0 fully saturated rings. The number of nitrogens with zero attached hydrogens (tertiary/aromatic N) is 2. The molecule has 0 saturated carbocycles. The molecule has 0 radical (unpaired) electrons. The third-order valence-electron chi connectivity index (χ3n) is 2.83. The molecule has 0 aromatic carbocycles. The van der Waals surface area contributed by atoms with Crippen molar-refractivity contribution in [2.45, 2.75) is 32.4 Å². The topological polar surface area (TPSA) is 82.5 Å². The number of carboxylic acid groups (broad SMARTS) is 1. The maximum absolute atomic E-state index is 11.9. The third kappa shape index (κ3) is 2.98. The Kier molecular flexibility index (Phi) is 4.28. The number of nitrogens with one attached hydrogen (secondary N) is 1. The van der Waals surface area contributed by atoms with Crippen LogP contribution < -0.4 is 5.32 Å². The molecule has 1 atom stereocenters. The zero-order chi connectivity index (χ0) is 13.9. The van der Waals surface area contributed by atoms with Gasteiger partial charge in [0, 0.05) is 18.6 Å². The van der Waals surface area contributed by atoms with E-state index in [-0.39, 0.29) is 6.04 Å². The van der Waals surface area contributed by atoms with E-state index in [0.29, 0.717) is 0 Å². The summed E-state index contributed by atoms with van der Waals surface area (Å²) in [5.41, 5.74) is -1.26. The fourth-order valence-corrected chi connectivity index (χ4v) is 1.84. The third-order valence-corrected chi connectivity index (χ3v) is 3.79. The van der Waals surface area contributed by atoms with E-state index in [9.17, 15) is 9.59 Å². The summed E-state index contributed by atoms with van der Waals surface area (Å²) in [4.78, 5) is 28.2. The van der Waals surface area contributed by atoms with Crippen LogP contribution in [-0.4, -0.2) is 39.6 Å². The molecule has 0 aliphatic heterocycles. The second-order valence-electron chi connectivity index (χ2n) is 4.46. The lowest BCUT2D eigenvalue weighted by Crippen LogP contribution is -2.54. The first-order chi connectivity index (χ1) is 8.26. The van der Waals surface area contributed by atoms with Crippen molar-refractivity contribution in [2.75, 3.05) is 7.05 Å². The number of amides is 2. The summed E-state index contributed by atoms with van der Waals surface area (Å²) in [5, 5.41) is 14.4. The highest BCUT2D eigenvalue weighted by molar-refractivity contribution is 7.09. The number of hydrogen-bond acceptors (Lipinski definition) is 4. The molecule has 0 spiro atoms. The van der Waals surface area contributed by atoms with Crippen LogP contribution in [0, 0.1) is 0 Å². The van der Waals surface area contributed by atoms with Crippen molar-refractivity contribution in [1.82, 2.24) is 15.2 Å². The molecular weight excluding hydrogens is 254 g/mol. The Labute approximate surface area is 110 Å². The van der Waals surface area contributed by atoms with Gasteiger partial charge in [0.05, 0.1) is 6.04 Å². The van der Waals surface area contributed by atoms with Crippen molar-refractivity contribution >= 4 is 23.3 Å². The van der Waals surface area contributed by atoms with Crippen molar-refractivity contribution in [1.29, 1.82) is 0 Å². The number of aliphatic carboxylic acids is 1. The molecule has 1 unspecified atom stereocenters. The number of carbonyl (C=O) groups excluding carboxylic acids is 1. The van der Waals surface area contributed by atoms with Gasteiger partial charge >= 0.3 is 12.0 Å². The van der Waals surface area contributed by atoms with Gasteiger partial charge in [0.1, 0.15) is 10.5 Å².